The SMILES string of the molecule is Cc1c(CN)cc(Cl)cc1S(=O)(=O)N1CCSC(C)C1. The molecule has 112 valence electrons. The Balaban J connectivity index is 2.46. The van der Waals surface area contributed by atoms with Crippen LogP contribution in [0.2, 0.25) is 5.02 Å². The van der Waals surface area contributed by atoms with Crippen LogP contribution in [0.1, 0.15) is 18.1 Å². The van der Waals surface area contributed by atoms with Gasteiger partial charge in [0.25, 0.3) is 0 Å². The average molecular weight is 335 g/mol. The molecule has 20 heavy (non-hydrogen) atoms. The number of hydrogen-bond donors (Lipinski definition) is 1. The summed E-state index contributed by atoms with van der Waals surface area (Å²) in [5, 5.41) is 0.723. The number of halogens is 1. The van der Waals surface area contributed by atoms with Crippen LogP contribution in [0.3, 0.4) is 0 Å². The van der Waals surface area contributed by atoms with Gasteiger partial charge in [0.05, 0.1) is 4.90 Å². The molecule has 7 heteroatoms. The molecule has 0 saturated carbocycles. The number of nitrogens with two attached hydrogens (primary N) is 1. The maximum absolute atomic E-state index is 12.8. The van der Waals surface area contributed by atoms with Gasteiger partial charge in [0.1, 0.15) is 0 Å². The first-order valence-corrected chi connectivity index (χ1v) is 9.33. The first kappa shape index (κ1) is 16.1. The molecule has 0 amide bonds. The largest absolute Gasteiger partial charge is 0.326 e. The topological polar surface area (TPSA) is 63.4 Å². The predicted octanol–water partition coefficient (Wildman–Crippen LogP) is 2.23. The molecular weight excluding hydrogens is 316 g/mol. The van der Waals surface area contributed by atoms with Crippen molar-refractivity contribution in [1.29, 1.82) is 0 Å². The third-order valence-corrected chi connectivity index (χ3v) is 6.82. The van der Waals surface area contributed by atoms with Crippen LogP contribution in [-0.2, 0) is 16.6 Å². The van der Waals surface area contributed by atoms with Gasteiger partial charge in [-0.1, -0.05) is 18.5 Å². The highest BCUT2D eigenvalue weighted by atomic mass is 35.5. The van der Waals surface area contributed by atoms with Crippen molar-refractivity contribution in [2.75, 3.05) is 18.8 Å². The Bertz CT molecular complexity index is 605. The number of thioether (sulfide) groups is 1. The van der Waals surface area contributed by atoms with Gasteiger partial charge in [-0.2, -0.15) is 16.1 Å². The quantitative estimate of drug-likeness (QED) is 0.920. The highest BCUT2D eigenvalue weighted by Gasteiger charge is 2.30. The van der Waals surface area contributed by atoms with E-state index < -0.39 is 10.0 Å². The Morgan fingerprint density at radius 1 is 1.50 bits per heavy atom. The van der Waals surface area contributed by atoms with Crippen LogP contribution in [0.25, 0.3) is 0 Å². The summed E-state index contributed by atoms with van der Waals surface area (Å²) in [5.74, 6) is 0.823. The smallest absolute Gasteiger partial charge is 0.243 e. The van der Waals surface area contributed by atoms with Gasteiger partial charge in [0, 0.05) is 35.7 Å². The Morgan fingerprint density at radius 2 is 2.20 bits per heavy atom. The van der Waals surface area contributed by atoms with Gasteiger partial charge in [0.15, 0.2) is 0 Å². The zero-order chi connectivity index (χ0) is 14.9. The summed E-state index contributed by atoms with van der Waals surface area (Å²) in [4.78, 5) is 0.282. The van der Waals surface area contributed by atoms with Gasteiger partial charge in [-0.05, 0) is 30.2 Å². The number of sulfonamides is 1. The fourth-order valence-electron chi connectivity index (χ4n) is 2.33. The Hall–Kier alpha value is -0.270. The summed E-state index contributed by atoms with van der Waals surface area (Å²) in [6, 6.07) is 3.25. The van der Waals surface area contributed by atoms with Crippen molar-refractivity contribution >= 4 is 33.4 Å². The predicted molar refractivity (Wildman–Crippen MR) is 84.8 cm³/mol. The molecule has 1 aromatic rings. The maximum atomic E-state index is 12.8. The van der Waals surface area contributed by atoms with Gasteiger partial charge in [-0.3, -0.25) is 0 Å². The van der Waals surface area contributed by atoms with E-state index in [0.717, 1.165) is 11.3 Å². The molecule has 0 aromatic heterocycles. The van der Waals surface area contributed by atoms with Crippen molar-refractivity contribution < 1.29 is 8.42 Å². The molecule has 4 nitrogen and oxygen atoms in total. The van der Waals surface area contributed by atoms with E-state index in [1.807, 2.05) is 6.92 Å². The summed E-state index contributed by atoms with van der Waals surface area (Å²) in [5.41, 5.74) is 7.13. The molecule has 1 aromatic carbocycles. The fourth-order valence-corrected chi connectivity index (χ4v) is 5.68. The molecule has 1 saturated heterocycles. The van der Waals surface area contributed by atoms with Crippen molar-refractivity contribution in [2.45, 2.75) is 30.5 Å². The molecule has 1 aliphatic rings. The third kappa shape index (κ3) is 3.14. The second-order valence-corrected chi connectivity index (χ2v) is 8.83. The van der Waals surface area contributed by atoms with Crippen molar-refractivity contribution in [1.82, 2.24) is 4.31 Å². The van der Waals surface area contributed by atoms with Crippen LogP contribution in [0.4, 0.5) is 0 Å². The molecule has 2 N–H and O–H groups in total. The molecule has 1 aliphatic heterocycles. The molecule has 1 unspecified atom stereocenters. The van der Waals surface area contributed by atoms with E-state index in [1.165, 1.54) is 6.07 Å². The first-order valence-electron chi connectivity index (χ1n) is 6.47. The summed E-state index contributed by atoms with van der Waals surface area (Å²) >= 11 is 7.83. The molecule has 0 aliphatic carbocycles. The molecule has 0 spiro atoms. The highest BCUT2D eigenvalue weighted by Crippen LogP contribution is 2.29. The van der Waals surface area contributed by atoms with Gasteiger partial charge in [-0.25, -0.2) is 8.42 Å². The maximum Gasteiger partial charge on any atom is 0.243 e. The summed E-state index contributed by atoms with van der Waals surface area (Å²) in [6.07, 6.45) is 0. The van der Waals surface area contributed by atoms with Crippen LogP contribution in [-0.4, -0.2) is 36.8 Å². The second kappa shape index (κ2) is 6.23. The standard InChI is InChI=1S/C13H19ClN2O2S2/c1-9-8-16(3-4-19-9)20(17,18)13-6-12(14)5-11(7-15)10(13)2/h5-6,9H,3-4,7-8,15H2,1-2H3. The Morgan fingerprint density at radius 3 is 2.80 bits per heavy atom. The van der Waals surface area contributed by atoms with E-state index in [9.17, 15) is 8.42 Å². The van der Waals surface area contributed by atoms with Crippen LogP contribution in [0, 0.1) is 6.92 Å². The zero-order valence-electron chi connectivity index (χ0n) is 11.6. The molecule has 1 heterocycles. The van der Waals surface area contributed by atoms with E-state index in [2.05, 4.69) is 0 Å². The third-order valence-electron chi connectivity index (χ3n) is 3.47. The monoisotopic (exact) mass is 334 g/mol. The lowest BCUT2D eigenvalue weighted by molar-refractivity contribution is 0.424. The van der Waals surface area contributed by atoms with E-state index in [-0.39, 0.29) is 11.4 Å². The lowest BCUT2D eigenvalue weighted by Gasteiger charge is -2.30. The lowest BCUT2D eigenvalue weighted by atomic mass is 10.1. The molecule has 0 radical (unpaired) electrons. The fraction of sp³-hybridized carbons (Fsp3) is 0.538. The molecular formula is C13H19ClN2O2S2. The van der Waals surface area contributed by atoms with E-state index >= 15 is 0 Å². The summed E-state index contributed by atoms with van der Waals surface area (Å²) < 4.78 is 27.1. The highest BCUT2D eigenvalue weighted by molar-refractivity contribution is 8.00. The van der Waals surface area contributed by atoms with Crippen molar-refractivity contribution in [3.8, 4) is 0 Å². The van der Waals surface area contributed by atoms with E-state index in [4.69, 9.17) is 17.3 Å². The number of hydrogen-bond acceptors (Lipinski definition) is 4. The van der Waals surface area contributed by atoms with Crippen LogP contribution in [0.15, 0.2) is 17.0 Å². The van der Waals surface area contributed by atoms with Crippen molar-refractivity contribution in [3.63, 3.8) is 0 Å². The molecule has 1 fully saturated rings. The number of nitrogens with zero attached hydrogens (tertiary/aromatic N) is 1. The summed E-state index contributed by atoms with van der Waals surface area (Å²) in [7, 11) is -3.50. The molecule has 2 rings (SSSR count). The van der Waals surface area contributed by atoms with Crippen LogP contribution >= 0.6 is 23.4 Å². The minimum Gasteiger partial charge on any atom is -0.326 e. The Labute approximate surface area is 129 Å². The zero-order valence-corrected chi connectivity index (χ0v) is 14.0. The van der Waals surface area contributed by atoms with E-state index in [1.54, 1.807) is 29.1 Å². The van der Waals surface area contributed by atoms with Gasteiger partial charge < -0.3 is 5.73 Å². The van der Waals surface area contributed by atoms with Gasteiger partial charge in [-0.15, -0.1) is 0 Å². The minimum atomic E-state index is -3.50. The van der Waals surface area contributed by atoms with Gasteiger partial charge >= 0.3 is 0 Å². The molecule has 0 bridgehead atoms. The van der Waals surface area contributed by atoms with Crippen molar-refractivity contribution in [3.05, 3.63) is 28.3 Å². The first-order chi connectivity index (χ1) is 9.36. The van der Waals surface area contributed by atoms with E-state index in [0.29, 0.717) is 28.9 Å². The van der Waals surface area contributed by atoms with Gasteiger partial charge in [0.2, 0.25) is 10.0 Å². The number of rotatable bonds is 3. The van der Waals surface area contributed by atoms with Crippen LogP contribution < -0.4 is 5.73 Å². The molecule has 1 atom stereocenters. The van der Waals surface area contributed by atoms with Crippen molar-refractivity contribution in [2.24, 2.45) is 5.73 Å². The number of benzene rings is 1. The summed E-state index contributed by atoms with van der Waals surface area (Å²) in [6.45, 7) is 5.19. The second-order valence-electron chi connectivity index (χ2n) is 4.94. The minimum absolute atomic E-state index is 0.279. The lowest BCUT2D eigenvalue weighted by Crippen LogP contribution is -2.41. The average Bonchev–Trinajstić information content (AvgIpc) is 2.40. The Kier molecular flexibility index (Phi) is 5.02. The normalized spacial score (nSPS) is 21.1. The van der Waals surface area contributed by atoms with Crippen LogP contribution in [0.5, 0.6) is 0 Å².